The number of phenols is 1. The van der Waals surface area contributed by atoms with Gasteiger partial charge in [0.25, 0.3) is 5.95 Å². The molecule has 0 unspecified atom stereocenters. The number of anilines is 2. The van der Waals surface area contributed by atoms with E-state index >= 15 is 0 Å². The summed E-state index contributed by atoms with van der Waals surface area (Å²) in [5.74, 6) is -0.0833. The first-order chi connectivity index (χ1) is 10.6. The Morgan fingerprint density at radius 3 is 2.59 bits per heavy atom. The quantitative estimate of drug-likeness (QED) is 0.583. The van der Waals surface area contributed by atoms with Crippen molar-refractivity contribution in [2.24, 2.45) is 0 Å². The van der Waals surface area contributed by atoms with Gasteiger partial charge >= 0.3 is 0 Å². The second-order valence-corrected chi connectivity index (χ2v) is 4.83. The predicted molar refractivity (Wildman–Crippen MR) is 82.5 cm³/mol. The van der Waals surface area contributed by atoms with Gasteiger partial charge in [-0.3, -0.25) is 0 Å². The van der Waals surface area contributed by atoms with Crippen molar-refractivity contribution in [2.75, 3.05) is 12.2 Å². The first-order valence-corrected chi connectivity index (χ1v) is 6.73. The Morgan fingerprint density at radius 1 is 1.18 bits per heavy atom. The molecule has 0 aliphatic rings. The lowest BCUT2D eigenvalue weighted by Crippen LogP contribution is -2.08. The number of fused-ring (bicyclic) bond motifs is 1. The maximum atomic E-state index is 14.4. The number of hydrogen-bond acceptors (Lipinski definition) is 5. The molecule has 2 aromatic carbocycles. The van der Waals surface area contributed by atoms with Gasteiger partial charge in [-0.15, -0.1) is 5.12 Å². The second kappa shape index (κ2) is 5.65. The maximum Gasteiger partial charge on any atom is 0.260 e. The van der Waals surface area contributed by atoms with Crippen LogP contribution in [0.4, 0.5) is 16.1 Å². The van der Waals surface area contributed by atoms with Gasteiger partial charge in [0.1, 0.15) is 5.15 Å². The normalized spacial score (nSPS) is 10.7. The van der Waals surface area contributed by atoms with Gasteiger partial charge in [-0.2, -0.15) is 4.98 Å². The molecule has 0 spiro atoms. The molecule has 0 radical (unpaired) electrons. The van der Waals surface area contributed by atoms with Crippen molar-refractivity contribution in [1.29, 1.82) is 0 Å². The van der Waals surface area contributed by atoms with Crippen molar-refractivity contribution >= 4 is 34.1 Å². The number of phenolic OH excluding ortho intramolecular Hbond substituents is 1. The zero-order chi connectivity index (χ0) is 15.7. The summed E-state index contributed by atoms with van der Waals surface area (Å²) in [5, 5.41) is 10.7. The van der Waals surface area contributed by atoms with E-state index in [9.17, 15) is 9.59 Å². The molecular formula is C15H11ClFN3O2. The number of methoxy groups -OCH3 is 1. The van der Waals surface area contributed by atoms with Gasteiger partial charge in [-0.25, -0.2) is 4.98 Å². The van der Waals surface area contributed by atoms with Crippen LogP contribution in [0.2, 0.25) is 5.15 Å². The van der Waals surface area contributed by atoms with E-state index in [4.69, 9.17) is 16.3 Å². The van der Waals surface area contributed by atoms with Crippen molar-refractivity contribution in [1.82, 2.24) is 9.97 Å². The minimum atomic E-state index is -0.215. The molecule has 5 nitrogen and oxygen atoms in total. The van der Waals surface area contributed by atoms with Gasteiger partial charge in [0, 0.05) is 11.5 Å². The molecule has 1 N–H and O–H groups in total. The van der Waals surface area contributed by atoms with Crippen LogP contribution in [0.3, 0.4) is 0 Å². The smallest absolute Gasteiger partial charge is 0.260 e. The lowest BCUT2D eigenvalue weighted by molar-refractivity contribution is 0.374. The predicted octanol–water partition coefficient (Wildman–Crippen LogP) is 4.02. The SMILES string of the molecule is COc1cc2c(Cl)nc(N(F)c3ccccc3)nc2cc1O. The number of nitrogens with zero attached hydrogens (tertiary/aromatic N) is 3. The molecule has 0 amide bonds. The van der Waals surface area contributed by atoms with E-state index < -0.39 is 0 Å². The maximum absolute atomic E-state index is 14.4. The number of rotatable bonds is 3. The summed E-state index contributed by atoms with van der Waals surface area (Å²) in [7, 11) is 1.42. The molecule has 0 aliphatic heterocycles. The van der Waals surface area contributed by atoms with Crippen LogP contribution in [-0.2, 0) is 0 Å². The first-order valence-electron chi connectivity index (χ1n) is 6.35. The van der Waals surface area contributed by atoms with Gasteiger partial charge in [0.15, 0.2) is 11.5 Å². The Labute approximate surface area is 130 Å². The Bertz CT molecular complexity index is 830. The highest BCUT2D eigenvalue weighted by Gasteiger charge is 2.16. The molecule has 0 saturated carbocycles. The molecule has 0 aliphatic carbocycles. The van der Waals surface area contributed by atoms with Crippen LogP contribution in [0.25, 0.3) is 10.9 Å². The van der Waals surface area contributed by atoms with E-state index in [1.54, 1.807) is 30.3 Å². The third-order valence-electron chi connectivity index (χ3n) is 3.10. The van der Waals surface area contributed by atoms with Crippen LogP contribution in [0.5, 0.6) is 11.5 Å². The number of halogens is 2. The monoisotopic (exact) mass is 319 g/mol. The Hall–Kier alpha value is -2.60. The zero-order valence-corrected chi connectivity index (χ0v) is 12.3. The summed E-state index contributed by atoms with van der Waals surface area (Å²) in [6, 6.07) is 11.2. The average molecular weight is 320 g/mol. The summed E-state index contributed by atoms with van der Waals surface area (Å²) < 4.78 is 19.4. The fourth-order valence-electron chi connectivity index (χ4n) is 2.02. The standard InChI is InChI=1S/C15H11ClFN3O2/c1-22-13-7-10-11(8-12(13)21)18-15(19-14(10)16)20(17)9-5-3-2-4-6-9/h2-8,21H,1H3. The zero-order valence-electron chi connectivity index (χ0n) is 11.5. The fourth-order valence-corrected chi connectivity index (χ4v) is 2.25. The van der Waals surface area contributed by atoms with E-state index in [2.05, 4.69) is 9.97 Å². The molecule has 7 heteroatoms. The van der Waals surface area contributed by atoms with Crippen molar-refractivity contribution in [3.63, 3.8) is 0 Å². The van der Waals surface area contributed by atoms with E-state index in [0.717, 1.165) is 0 Å². The average Bonchev–Trinajstić information content (AvgIpc) is 2.54. The summed E-state index contributed by atoms with van der Waals surface area (Å²) in [6.45, 7) is 0. The molecule has 3 aromatic rings. The van der Waals surface area contributed by atoms with E-state index in [-0.39, 0.29) is 28.3 Å². The second-order valence-electron chi connectivity index (χ2n) is 4.47. The molecular weight excluding hydrogens is 309 g/mol. The minimum Gasteiger partial charge on any atom is -0.504 e. The van der Waals surface area contributed by atoms with Crippen LogP contribution < -0.4 is 9.86 Å². The molecule has 0 bridgehead atoms. The first kappa shape index (κ1) is 14.3. The number of hydrogen-bond donors (Lipinski definition) is 1. The lowest BCUT2D eigenvalue weighted by Gasteiger charge is -2.13. The van der Waals surface area contributed by atoms with E-state index in [1.165, 1.54) is 19.2 Å². The van der Waals surface area contributed by atoms with Crippen molar-refractivity contribution in [3.05, 3.63) is 47.6 Å². The number of para-hydroxylation sites is 1. The van der Waals surface area contributed by atoms with Gasteiger partial charge in [-0.05, 0) is 18.2 Å². The van der Waals surface area contributed by atoms with Gasteiger partial charge < -0.3 is 9.84 Å². The topological polar surface area (TPSA) is 58.5 Å². The van der Waals surface area contributed by atoms with Gasteiger partial charge in [0.2, 0.25) is 0 Å². The summed E-state index contributed by atoms with van der Waals surface area (Å²) in [4.78, 5) is 8.04. The highest BCUT2D eigenvalue weighted by atomic mass is 35.5. The Kier molecular flexibility index (Phi) is 3.68. The van der Waals surface area contributed by atoms with Crippen LogP contribution in [0, 0.1) is 0 Å². The molecule has 22 heavy (non-hydrogen) atoms. The highest BCUT2D eigenvalue weighted by Crippen LogP contribution is 2.35. The van der Waals surface area contributed by atoms with Gasteiger partial charge in [0.05, 0.1) is 18.3 Å². The van der Waals surface area contributed by atoms with Crippen LogP contribution in [0.1, 0.15) is 0 Å². The molecule has 0 fully saturated rings. The van der Waals surface area contributed by atoms with Crippen molar-refractivity contribution in [3.8, 4) is 11.5 Å². The number of benzene rings is 2. The van der Waals surface area contributed by atoms with Crippen molar-refractivity contribution < 1.29 is 14.3 Å². The van der Waals surface area contributed by atoms with Crippen LogP contribution in [0.15, 0.2) is 42.5 Å². The Balaban J connectivity index is 2.13. The van der Waals surface area contributed by atoms with E-state index in [1.807, 2.05) is 0 Å². The third-order valence-corrected chi connectivity index (χ3v) is 3.38. The van der Waals surface area contributed by atoms with Crippen LogP contribution in [-0.4, -0.2) is 22.2 Å². The molecule has 0 atom stereocenters. The van der Waals surface area contributed by atoms with Gasteiger partial charge in [-0.1, -0.05) is 34.3 Å². The summed E-state index contributed by atoms with van der Waals surface area (Å²) in [6.07, 6.45) is 0. The largest absolute Gasteiger partial charge is 0.504 e. The molecule has 1 aromatic heterocycles. The van der Waals surface area contributed by atoms with Crippen LogP contribution >= 0.6 is 11.6 Å². The lowest BCUT2D eigenvalue weighted by atomic mass is 10.2. The molecule has 112 valence electrons. The Morgan fingerprint density at radius 2 is 1.91 bits per heavy atom. The molecule has 1 heterocycles. The minimum absolute atomic E-state index is 0.0666. The van der Waals surface area contributed by atoms with E-state index in [0.29, 0.717) is 16.0 Å². The molecule has 0 saturated heterocycles. The summed E-state index contributed by atoms with van der Waals surface area (Å²) in [5.41, 5.74) is 0.586. The number of aromatic nitrogens is 2. The molecule has 3 rings (SSSR count). The highest BCUT2D eigenvalue weighted by molar-refractivity contribution is 6.34. The fraction of sp³-hybridized carbons (Fsp3) is 0.0667. The summed E-state index contributed by atoms with van der Waals surface area (Å²) >= 11 is 6.09. The number of aromatic hydroxyl groups is 1. The van der Waals surface area contributed by atoms with Crippen molar-refractivity contribution in [2.45, 2.75) is 0 Å². The number of ether oxygens (including phenoxy) is 1. The third kappa shape index (κ3) is 2.48.